The van der Waals surface area contributed by atoms with Gasteiger partial charge in [0.2, 0.25) is 0 Å². The molecular formula is C20H20N8O2. The number of nitrogens with zero attached hydrogens (tertiary/aromatic N) is 6. The molecule has 5 rings (SSSR count). The molecule has 0 saturated carbocycles. The number of hydrogen-bond donors (Lipinski definition) is 3. The Morgan fingerprint density at radius 2 is 2.00 bits per heavy atom. The van der Waals surface area contributed by atoms with Crippen molar-refractivity contribution in [2.75, 3.05) is 29.0 Å². The molecule has 2 aliphatic rings. The number of hydrogen-bond acceptors (Lipinski definition) is 8. The van der Waals surface area contributed by atoms with Gasteiger partial charge >= 0.3 is 6.09 Å². The number of piperazine rings is 1. The topological polar surface area (TPSA) is 133 Å². The Bertz CT molecular complexity index is 1090. The smallest absolute Gasteiger partial charge is 0.407 e. The van der Waals surface area contributed by atoms with Crippen molar-refractivity contribution in [3.8, 4) is 11.3 Å². The van der Waals surface area contributed by atoms with Crippen LogP contribution in [0.1, 0.15) is 6.42 Å². The van der Waals surface area contributed by atoms with Gasteiger partial charge in [0.25, 0.3) is 0 Å². The first-order valence-electron chi connectivity index (χ1n) is 9.60. The number of nitrogen functional groups attached to an aromatic ring is 1. The Morgan fingerprint density at radius 3 is 2.73 bits per heavy atom. The lowest BCUT2D eigenvalue weighted by Gasteiger charge is -2.33. The van der Waals surface area contributed by atoms with Crippen LogP contribution < -0.4 is 16.0 Å². The monoisotopic (exact) mass is 404 g/mol. The summed E-state index contributed by atoms with van der Waals surface area (Å²) < 4.78 is 0. The molecule has 2 bridgehead atoms. The van der Waals surface area contributed by atoms with E-state index in [1.807, 2.05) is 18.2 Å². The van der Waals surface area contributed by atoms with E-state index in [4.69, 9.17) is 5.73 Å². The highest BCUT2D eigenvalue weighted by Crippen LogP contribution is 2.35. The van der Waals surface area contributed by atoms with E-state index in [2.05, 4.69) is 30.2 Å². The summed E-state index contributed by atoms with van der Waals surface area (Å²) in [5.41, 5.74) is 8.26. The molecule has 2 atom stereocenters. The maximum Gasteiger partial charge on any atom is 0.407 e. The van der Waals surface area contributed by atoms with Crippen molar-refractivity contribution in [2.45, 2.75) is 18.5 Å². The van der Waals surface area contributed by atoms with E-state index in [0.717, 1.165) is 17.8 Å². The number of rotatable bonds is 4. The minimum atomic E-state index is -0.851. The van der Waals surface area contributed by atoms with Gasteiger partial charge in [-0.1, -0.05) is 0 Å². The first-order valence-corrected chi connectivity index (χ1v) is 9.60. The zero-order valence-corrected chi connectivity index (χ0v) is 16.0. The van der Waals surface area contributed by atoms with E-state index in [-0.39, 0.29) is 12.1 Å². The molecule has 0 aliphatic carbocycles. The summed E-state index contributed by atoms with van der Waals surface area (Å²) in [5.74, 6) is 1.96. The number of pyridine rings is 2. The third kappa shape index (κ3) is 3.32. The van der Waals surface area contributed by atoms with Crippen LogP contribution >= 0.6 is 0 Å². The van der Waals surface area contributed by atoms with Crippen molar-refractivity contribution >= 4 is 29.2 Å². The Kier molecular flexibility index (Phi) is 4.31. The minimum absolute atomic E-state index is 0.0197. The van der Waals surface area contributed by atoms with Gasteiger partial charge in [-0.2, -0.15) is 0 Å². The number of carbonyl (C=O) groups is 1. The molecule has 0 unspecified atom stereocenters. The molecule has 0 radical (unpaired) electrons. The minimum Gasteiger partial charge on any atom is -0.465 e. The van der Waals surface area contributed by atoms with Crippen molar-refractivity contribution in [2.24, 2.45) is 0 Å². The van der Waals surface area contributed by atoms with Gasteiger partial charge in [-0.15, -0.1) is 0 Å². The number of likely N-dealkylation sites (tertiary alicyclic amines) is 1. The van der Waals surface area contributed by atoms with Crippen molar-refractivity contribution in [3.63, 3.8) is 0 Å². The lowest BCUT2D eigenvalue weighted by molar-refractivity contribution is 0.137. The maximum absolute atomic E-state index is 11.3. The fourth-order valence-corrected chi connectivity index (χ4v) is 4.18. The van der Waals surface area contributed by atoms with Crippen LogP contribution in [-0.4, -0.2) is 61.2 Å². The van der Waals surface area contributed by atoms with Crippen molar-refractivity contribution in [3.05, 3.63) is 49.1 Å². The van der Waals surface area contributed by atoms with Gasteiger partial charge in [-0.25, -0.2) is 19.7 Å². The maximum atomic E-state index is 11.3. The first-order chi connectivity index (χ1) is 14.6. The third-order valence-electron chi connectivity index (χ3n) is 5.49. The fourth-order valence-electron chi connectivity index (χ4n) is 4.18. The van der Waals surface area contributed by atoms with Gasteiger partial charge in [-0.05, 0) is 24.6 Å². The number of amides is 1. The van der Waals surface area contributed by atoms with Gasteiger partial charge < -0.3 is 26.0 Å². The molecule has 2 saturated heterocycles. The molecule has 5 heterocycles. The number of fused-ring (bicyclic) bond motifs is 2. The number of carboxylic acid groups (broad SMARTS) is 1. The Hall–Kier alpha value is -3.95. The summed E-state index contributed by atoms with van der Waals surface area (Å²) in [7, 11) is 0. The van der Waals surface area contributed by atoms with E-state index >= 15 is 0 Å². The number of nitrogens with two attached hydrogens (primary N) is 1. The summed E-state index contributed by atoms with van der Waals surface area (Å²) in [4.78, 5) is 32.4. The molecule has 4 N–H and O–H groups in total. The van der Waals surface area contributed by atoms with E-state index in [0.29, 0.717) is 36.1 Å². The average Bonchev–Trinajstić information content (AvgIpc) is 3.35. The van der Waals surface area contributed by atoms with Gasteiger partial charge in [0, 0.05) is 49.0 Å². The highest BCUT2D eigenvalue weighted by atomic mass is 16.4. The zero-order chi connectivity index (χ0) is 20.7. The first kappa shape index (κ1) is 18.1. The zero-order valence-electron chi connectivity index (χ0n) is 16.0. The molecule has 2 fully saturated rings. The van der Waals surface area contributed by atoms with Crippen molar-refractivity contribution in [1.82, 2.24) is 24.8 Å². The van der Waals surface area contributed by atoms with Crippen LogP contribution in [0, 0.1) is 0 Å². The quantitative estimate of drug-likeness (QED) is 0.598. The van der Waals surface area contributed by atoms with E-state index in [1.165, 1.54) is 4.90 Å². The predicted octanol–water partition coefficient (Wildman–Crippen LogP) is 2.20. The largest absolute Gasteiger partial charge is 0.465 e. The molecule has 152 valence electrons. The van der Waals surface area contributed by atoms with Crippen LogP contribution in [0.15, 0.2) is 49.1 Å². The van der Waals surface area contributed by atoms with Gasteiger partial charge in [0.1, 0.15) is 17.5 Å². The van der Waals surface area contributed by atoms with Gasteiger partial charge in [0.05, 0.1) is 24.0 Å². The van der Waals surface area contributed by atoms with Crippen LogP contribution in [0.25, 0.3) is 11.3 Å². The number of aromatic nitrogens is 4. The molecule has 10 heteroatoms. The van der Waals surface area contributed by atoms with E-state index in [1.54, 1.807) is 30.9 Å². The van der Waals surface area contributed by atoms with Crippen LogP contribution in [0.4, 0.5) is 27.9 Å². The second-order valence-corrected chi connectivity index (χ2v) is 7.42. The van der Waals surface area contributed by atoms with Crippen LogP contribution in [0.5, 0.6) is 0 Å². The molecule has 0 spiro atoms. The molecule has 1 amide bonds. The number of nitrogens with one attached hydrogen (secondary N) is 1. The predicted molar refractivity (Wildman–Crippen MR) is 111 cm³/mol. The summed E-state index contributed by atoms with van der Waals surface area (Å²) in [6.45, 7) is 1.16. The third-order valence-corrected chi connectivity index (χ3v) is 5.49. The second kappa shape index (κ2) is 7.14. The molecule has 30 heavy (non-hydrogen) atoms. The normalized spacial score (nSPS) is 19.9. The van der Waals surface area contributed by atoms with Gasteiger partial charge in [0.15, 0.2) is 0 Å². The molecule has 2 aliphatic heterocycles. The molecule has 10 nitrogen and oxygen atoms in total. The Labute approximate surface area is 172 Å². The lowest BCUT2D eigenvalue weighted by Crippen LogP contribution is -2.48. The highest BCUT2D eigenvalue weighted by Gasteiger charge is 2.45. The van der Waals surface area contributed by atoms with Gasteiger partial charge in [-0.3, -0.25) is 4.98 Å². The molecule has 3 aromatic rings. The Balaban J connectivity index is 1.40. The molecular weight excluding hydrogens is 384 g/mol. The standard InChI is InChI=1S/C20H20N8O2/c21-13-6-16(25-17(7-13)26-18-9-22-3-4-23-18)12-1-2-24-19(5-12)27-10-15-8-14(27)11-28(15)20(29)30/h1-7,9,14-15H,8,10-11H2,(H,29,30)(H3,21,23,25,26)/t14-,15-/m0/s1. The lowest BCUT2D eigenvalue weighted by atomic mass is 10.1. The number of anilines is 4. The SMILES string of the molecule is Nc1cc(Nc2cnccn2)nc(-c2ccnc(N3C[C@@H]4C[C@H]3CN4C(=O)O)c2)c1. The van der Waals surface area contributed by atoms with Crippen LogP contribution in [0.2, 0.25) is 0 Å². The highest BCUT2D eigenvalue weighted by molar-refractivity contribution is 5.71. The second-order valence-electron chi connectivity index (χ2n) is 7.42. The Morgan fingerprint density at radius 1 is 1.10 bits per heavy atom. The summed E-state index contributed by atoms with van der Waals surface area (Å²) >= 11 is 0. The van der Waals surface area contributed by atoms with Crippen molar-refractivity contribution < 1.29 is 9.90 Å². The van der Waals surface area contributed by atoms with Crippen LogP contribution in [0.3, 0.4) is 0 Å². The van der Waals surface area contributed by atoms with Crippen LogP contribution in [-0.2, 0) is 0 Å². The molecule has 0 aromatic carbocycles. The molecule has 3 aromatic heterocycles. The average molecular weight is 404 g/mol. The summed E-state index contributed by atoms with van der Waals surface area (Å²) in [6.07, 6.45) is 6.53. The summed E-state index contributed by atoms with van der Waals surface area (Å²) in [5, 5.41) is 12.4. The van der Waals surface area contributed by atoms with E-state index < -0.39 is 6.09 Å². The fraction of sp³-hybridized carbons (Fsp3) is 0.250. The van der Waals surface area contributed by atoms with E-state index in [9.17, 15) is 9.90 Å². The van der Waals surface area contributed by atoms with Crippen molar-refractivity contribution in [1.29, 1.82) is 0 Å². The summed E-state index contributed by atoms with van der Waals surface area (Å²) in [6, 6.07) is 7.57.